The van der Waals surface area contributed by atoms with Gasteiger partial charge in [0, 0.05) is 21.3 Å². The maximum Gasteiger partial charge on any atom is 0.269 e. The van der Waals surface area contributed by atoms with Crippen LogP contribution in [-0.4, -0.2) is 41.0 Å². The van der Waals surface area contributed by atoms with Gasteiger partial charge in [-0.25, -0.2) is 5.01 Å². The smallest absolute Gasteiger partial charge is 0.269 e. The summed E-state index contributed by atoms with van der Waals surface area (Å²) in [6.45, 7) is 0. The zero-order valence-corrected chi connectivity index (χ0v) is 21.2. The minimum Gasteiger partial charge on any atom is -0.497 e. The minimum absolute atomic E-state index is 0.0203. The fourth-order valence-electron chi connectivity index (χ4n) is 3.56. The van der Waals surface area contributed by atoms with E-state index in [0.29, 0.717) is 32.7 Å². The number of benzene rings is 3. The van der Waals surface area contributed by atoms with Crippen molar-refractivity contribution in [2.24, 2.45) is 0 Å². The lowest BCUT2D eigenvalue weighted by Crippen LogP contribution is -2.49. The van der Waals surface area contributed by atoms with Crippen molar-refractivity contribution >= 4 is 69.6 Å². The topological polar surface area (TPSA) is 91.0 Å². The van der Waals surface area contributed by atoms with E-state index in [-0.39, 0.29) is 11.5 Å². The summed E-state index contributed by atoms with van der Waals surface area (Å²) in [6, 6.07) is 18.4. The van der Waals surface area contributed by atoms with E-state index in [1.165, 1.54) is 9.91 Å². The molecule has 1 heterocycles. The molecule has 3 aromatic carbocycles. The number of carbonyl (C=O) groups excluding carboxylic acids is 3. The van der Waals surface area contributed by atoms with Gasteiger partial charge in [0.05, 0.1) is 19.2 Å². The SMILES string of the molecule is COc1ccc(NC(=O)CC2C(=O)N(c3ccc(Cl)cc3)C(=S)N2NC(=O)c2ccc(Cl)cc2)cc1. The second-order valence-corrected chi connectivity index (χ2v) is 8.99. The van der Waals surface area contributed by atoms with E-state index >= 15 is 0 Å². The average Bonchev–Trinajstić information content (AvgIpc) is 3.09. The number of rotatable bonds is 7. The zero-order chi connectivity index (χ0) is 25.8. The van der Waals surface area contributed by atoms with Crippen molar-refractivity contribution in [2.45, 2.75) is 12.5 Å². The summed E-state index contributed by atoms with van der Waals surface area (Å²) < 4.78 is 5.12. The summed E-state index contributed by atoms with van der Waals surface area (Å²) >= 11 is 17.4. The van der Waals surface area contributed by atoms with Crippen LogP contribution < -0.4 is 20.4 Å². The molecule has 0 bridgehead atoms. The van der Waals surface area contributed by atoms with Crippen LogP contribution in [0.3, 0.4) is 0 Å². The lowest BCUT2D eigenvalue weighted by molar-refractivity contribution is -0.124. The molecular weight excluding hydrogens is 523 g/mol. The number of hydrogen-bond acceptors (Lipinski definition) is 5. The highest BCUT2D eigenvalue weighted by Crippen LogP contribution is 2.28. The van der Waals surface area contributed by atoms with Crippen LogP contribution >= 0.6 is 35.4 Å². The van der Waals surface area contributed by atoms with Crippen molar-refractivity contribution < 1.29 is 19.1 Å². The molecule has 1 saturated heterocycles. The van der Waals surface area contributed by atoms with E-state index in [0.717, 1.165) is 0 Å². The van der Waals surface area contributed by atoms with Gasteiger partial charge < -0.3 is 10.1 Å². The number of methoxy groups -OCH3 is 1. The molecule has 1 unspecified atom stereocenters. The number of hydrazine groups is 1. The molecule has 36 heavy (non-hydrogen) atoms. The molecule has 184 valence electrons. The molecular formula is C25H20Cl2N4O4S. The molecule has 3 aromatic rings. The molecule has 1 aliphatic heterocycles. The van der Waals surface area contributed by atoms with Crippen LogP contribution in [0.5, 0.6) is 5.75 Å². The van der Waals surface area contributed by atoms with Gasteiger partial charge in [-0.2, -0.15) is 0 Å². The Bertz CT molecular complexity index is 1300. The monoisotopic (exact) mass is 542 g/mol. The highest BCUT2D eigenvalue weighted by molar-refractivity contribution is 7.80. The Balaban J connectivity index is 1.58. The molecule has 0 aromatic heterocycles. The van der Waals surface area contributed by atoms with Gasteiger partial charge in [0.2, 0.25) is 11.0 Å². The summed E-state index contributed by atoms with van der Waals surface area (Å²) in [7, 11) is 1.54. The minimum atomic E-state index is -1.08. The third-order valence-corrected chi connectivity index (χ3v) is 6.26. The predicted octanol–water partition coefficient (Wildman–Crippen LogP) is 4.68. The highest BCUT2D eigenvalue weighted by Gasteiger charge is 2.45. The van der Waals surface area contributed by atoms with Gasteiger partial charge in [-0.05, 0) is 85.0 Å². The maximum absolute atomic E-state index is 13.4. The number of ether oxygens (including phenoxy) is 1. The zero-order valence-electron chi connectivity index (χ0n) is 18.9. The van der Waals surface area contributed by atoms with Crippen LogP contribution in [-0.2, 0) is 9.59 Å². The number of halogens is 2. The summed E-state index contributed by atoms with van der Waals surface area (Å²) in [6.07, 6.45) is -0.268. The Morgan fingerprint density at radius 1 is 0.944 bits per heavy atom. The molecule has 0 aliphatic carbocycles. The summed E-state index contributed by atoms with van der Waals surface area (Å²) in [5.41, 5.74) is 3.96. The molecule has 1 aliphatic rings. The average molecular weight is 543 g/mol. The van der Waals surface area contributed by atoms with Gasteiger partial charge in [0.25, 0.3) is 11.8 Å². The second kappa shape index (κ2) is 10.9. The van der Waals surface area contributed by atoms with Crippen molar-refractivity contribution in [2.75, 3.05) is 17.3 Å². The second-order valence-electron chi connectivity index (χ2n) is 7.75. The molecule has 8 nitrogen and oxygen atoms in total. The first-order chi connectivity index (χ1) is 17.3. The Labute approximate surface area is 222 Å². The van der Waals surface area contributed by atoms with Gasteiger partial charge in [-0.15, -0.1) is 0 Å². The first kappa shape index (κ1) is 25.4. The molecule has 11 heteroatoms. The number of amides is 3. The van der Waals surface area contributed by atoms with Crippen molar-refractivity contribution in [3.05, 3.63) is 88.4 Å². The molecule has 3 amide bonds. The van der Waals surface area contributed by atoms with Gasteiger partial charge >= 0.3 is 0 Å². The van der Waals surface area contributed by atoms with E-state index in [2.05, 4.69) is 10.7 Å². The van der Waals surface area contributed by atoms with Crippen LogP contribution in [0.15, 0.2) is 72.8 Å². The number of anilines is 2. The number of hydrogen-bond donors (Lipinski definition) is 2. The maximum atomic E-state index is 13.4. The number of carbonyl (C=O) groups is 3. The Hall–Kier alpha value is -3.66. The molecule has 0 saturated carbocycles. The van der Waals surface area contributed by atoms with Crippen LogP contribution in [0.1, 0.15) is 16.8 Å². The van der Waals surface area contributed by atoms with Gasteiger partial charge in [-0.1, -0.05) is 23.2 Å². The lowest BCUT2D eigenvalue weighted by Gasteiger charge is -2.24. The third-order valence-electron chi connectivity index (χ3n) is 5.38. The van der Waals surface area contributed by atoms with Crippen molar-refractivity contribution in [3.8, 4) is 5.75 Å². The first-order valence-corrected chi connectivity index (χ1v) is 11.9. The summed E-state index contributed by atoms with van der Waals surface area (Å²) in [5, 5.41) is 4.96. The molecule has 0 spiro atoms. The van der Waals surface area contributed by atoms with E-state index < -0.39 is 23.8 Å². The van der Waals surface area contributed by atoms with E-state index in [1.54, 1.807) is 79.9 Å². The third kappa shape index (κ3) is 5.59. The summed E-state index contributed by atoms with van der Waals surface area (Å²) in [4.78, 5) is 40.5. The molecule has 2 N–H and O–H groups in total. The van der Waals surface area contributed by atoms with Crippen molar-refractivity contribution in [1.82, 2.24) is 10.4 Å². The Morgan fingerprint density at radius 3 is 2.11 bits per heavy atom. The quantitative estimate of drug-likeness (QED) is 0.421. The van der Waals surface area contributed by atoms with Gasteiger partial charge in [0.1, 0.15) is 11.8 Å². The standard InChI is InChI=1S/C25H20Cl2N4O4S/c1-35-20-12-8-18(9-13-20)28-22(32)14-21-24(34)30(19-10-6-17(27)7-11-19)25(36)31(21)29-23(33)15-2-4-16(26)5-3-15/h2-13,21H,14H2,1H3,(H,28,32)(H,29,33). The van der Waals surface area contributed by atoms with Crippen LogP contribution in [0, 0.1) is 0 Å². The fourth-order valence-corrected chi connectivity index (χ4v) is 4.18. The van der Waals surface area contributed by atoms with Crippen molar-refractivity contribution in [3.63, 3.8) is 0 Å². The molecule has 0 radical (unpaired) electrons. The Morgan fingerprint density at radius 2 is 1.53 bits per heavy atom. The molecule has 1 fully saturated rings. The number of thiocarbonyl (C=S) groups is 1. The van der Waals surface area contributed by atoms with Gasteiger partial charge in [0.15, 0.2) is 0 Å². The summed E-state index contributed by atoms with van der Waals surface area (Å²) in [5.74, 6) is -0.784. The van der Waals surface area contributed by atoms with E-state index in [1.807, 2.05) is 0 Å². The fraction of sp³-hybridized carbons (Fsp3) is 0.120. The van der Waals surface area contributed by atoms with Crippen molar-refractivity contribution in [1.29, 1.82) is 0 Å². The lowest BCUT2D eigenvalue weighted by atomic mass is 10.1. The number of nitrogens with zero attached hydrogens (tertiary/aromatic N) is 2. The van der Waals surface area contributed by atoms with Crippen LogP contribution in [0.4, 0.5) is 11.4 Å². The normalized spacial score (nSPS) is 15.1. The Kier molecular flexibility index (Phi) is 7.73. The largest absolute Gasteiger partial charge is 0.497 e. The van der Waals surface area contributed by atoms with Crippen LogP contribution in [0.2, 0.25) is 10.0 Å². The van der Waals surface area contributed by atoms with Gasteiger partial charge in [-0.3, -0.25) is 24.7 Å². The van der Waals surface area contributed by atoms with E-state index in [9.17, 15) is 14.4 Å². The molecule has 4 rings (SSSR count). The van der Waals surface area contributed by atoms with E-state index in [4.69, 9.17) is 40.2 Å². The molecule has 1 atom stereocenters. The first-order valence-electron chi connectivity index (χ1n) is 10.7. The number of nitrogens with one attached hydrogen (secondary N) is 2. The van der Waals surface area contributed by atoms with Crippen LogP contribution in [0.25, 0.3) is 0 Å². The predicted molar refractivity (Wildman–Crippen MR) is 142 cm³/mol. The highest BCUT2D eigenvalue weighted by atomic mass is 35.5.